The Morgan fingerprint density at radius 2 is 2.16 bits per heavy atom. The summed E-state index contributed by atoms with van der Waals surface area (Å²) in [6, 6.07) is 0.576. The van der Waals surface area contributed by atoms with Gasteiger partial charge in [0.05, 0.1) is 17.8 Å². The summed E-state index contributed by atoms with van der Waals surface area (Å²) in [5.41, 5.74) is 0.648. The molecular formula is C13H18N4O2. The minimum absolute atomic E-state index is 0.0137. The molecule has 0 spiro atoms. The molecule has 6 heteroatoms. The summed E-state index contributed by atoms with van der Waals surface area (Å²) in [5, 5.41) is 7.10. The molecule has 102 valence electrons. The average Bonchev–Trinajstić information content (AvgIpc) is 2.92. The average molecular weight is 262 g/mol. The van der Waals surface area contributed by atoms with Gasteiger partial charge in [-0.1, -0.05) is 0 Å². The number of likely N-dealkylation sites (tertiary alicyclic amines) is 1. The zero-order chi connectivity index (χ0) is 13.4. The highest BCUT2D eigenvalue weighted by Crippen LogP contribution is 2.34. The number of carbonyl (C=O) groups is 2. The van der Waals surface area contributed by atoms with Crippen LogP contribution in [0.5, 0.6) is 0 Å². The van der Waals surface area contributed by atoms with Gasteiger partial charge in [-0.3, -0.25) is 14.3 Å². The van der Waals surface area contributed by atoms with E-state index in [9.17, 15) is 9.59 Å². The number of nitrogens with one attached hydrogen (secondary N) is 1. The van der Waals surface area contributed by atoms with Crippen LogP contribution in [0.2, 0.25) is 0 Å². The van der Waals surface area contributed by atoms with E-state index < -0.39 is 0 Å². The number of aromatic nitrogens is 2. The van der Waals surface area contributed by atoms with Crippen LogP contribution in [0.25, 0.3) is 0 Å². The van der Waals surface area contributed by atoms with E-state index >= 15 is 0 Å². The molecule has 1 aromatic rings. The van der Waals surface area contributed by atoms with E-state index in [2.05, 4.69) is 10.4 Å². The summed E-state index contributed by atoms with van der Waals surface area (Å²) in [6.45, 7) is 2.79. The molecule has 1 aliphatic carbocycles. The molecular weight excluding hydrogens is 244 g/mol. The number of rotatable bonds is 3. The first-order chi connectivity index (χ1) is 9.13. The lowest BCUT2D eigenvalue weighted by molar-refractivity contribution is -0.119. The summed E-state index contributed by atoms with van der Waals surface area (Å²) in [5.74, 6) is -0.0272. The van der Waals surface area contributed by atoms with E-state index in [4.69, 9.17) is 0 Å². The lowest BCUT2D eigenvalue weighted by Gasteiger charge is -2.15. The van der Waals surface area contributed by atoms with Crippen LogP contribution >= 0.6 is 0 Å². The Hall–Kier alpha value is -1.85. The van der Waals surface area contributed by atoms with Crippen molar-refractivity contribution in [1.29, 1.82) is 0 Å². The highest BCUT2D eigenvalue weighted by atomic mass is 16.2. The maximum absolute atomic E-state index is 12.3. The monoisotopic (exact) mass is 262 g/mol. The van der Waals surface area contributed by atoms with Gasteiger partial charge in [0, 0.05) is 32.3 Å². The first-order valence-electron chi connectivity index (χ1n) is 6.74. The predicted octanol–water partition coefficient (Wildman–Crippen LogP) is 0.569. The van der Waals surface area contributed by atoms with Crippen LogP contribution in [0.3, 0.4) is 0 Å². The molecule has 6 nitrogen and oxygen atoms in total. The normalized spacial score (nSPS) is 22.6. The third-order valence-corrected chi connectivity index (χ3v) is 3.65. The van der Waals surface area contributed by atoms with Gasteiger partial charge in [0.25, 0.3) is 5.91 Å². The second kappa shape index (κ2) is 4.68. The second-order valence-electron chi connectivity index (χ2n) is 5.38. The molecule has 19 heavy (non-hydrogen) atoms. The minimum Gasteiger partial charge on any atom is -0.352 e. The van der Waals surface area contributed by atoms with Gasteiger partial charge in [0.1, 0.15) is 0 Å². The Kier molecular flexibility index (Phi) is 3.00. The molecule has 1 atom stereocenters. The quantitative estimate of drug-likeness (QED) is 0.866. The van der Waals surface area contributed by atoms with Crippen molar-refractivity contribution in [3.05, 3.63) is 18.0 Å². The molecule has 0 aromatic carbocycles. The van der Waals surface area contributed by atoms with Crippen LogP contribution in [0.1, 0.15) is 42.6 Å². The third-order valence-electron chi connectivity index (χ3n) is 3.65. The Labute approximate surface area is 111 Å². The molecule has 1 aromatic heterocycles. The van der Waals surface area contributed by atoms with Gasteiger partial charge in [-0.15, -0.1) is 0 Å². The van der Waals surface area contributed by atoms with Gasteiger partial charge >= 0.3 is 0 Å². The largest absolute Gasteiger partial charge is 0.352 e. The maximum atomic E-state index is 12.3. The Morgan fingerprint density at radius 3 is 2.84 bits per heavy atom. The van der Waals surface area contributed by atoms with Crippen molar-refractivity contribution < 1.29 is 9.59 Å². The molecule has 3 rings (SSSR count). The first-order valence-corrected chi connectivity index (χ1v) is 6.74. The van der Waals surface area contributed by atoms with Gasteiger partial charge in [0.15, 0.2) is 0 Å². The van der Waals surface area contributed by atoms with Crippen molar-refractivity contribution in [3.63, 3.8) is 0 Å². The fourth-order valence-electron chi connectivity index (χ4n) is 2.52. The maximum Gasteiger partial charge on any atom is 0.257 e. The van der Waals surface area contributed by atoms with Crippen LogP contribution in [0.15, 0.2) is 12.4 Å². The summed E-state index contributed by atoms with van der Waals surface area (Å²) in [6.07, 6.45) is 6.62. The number of carbonyl (C=O) groups excluding carboxylic acids is 2. The van der Waals surface area contributed by atoms with Crippen LogP contribution in [-0.4, -0.2) is 45.6 Å². The van der Waals surface area contributed by atoms with E-state index in [0.717, 1.165) is 19.3 Å². The topological polar surface area (TPSA) is 67.2 Å². The zero-order valence-electron chi connectivity index (χ0n) is 11.0. The Morgan fingerprint density at radius 1 is 1.37 bits per heavy atom. The zero-order valence-corrected chi connectivity index (χ0v) is 11.0. The lowest BCUT2D eigenvalue weighted by Crippen LogP contribution is -2.37. The lowest BCUT2D eigenvalue weighted by atomic mass is 10.2. The highest BCUT2D eigenvalue weighted by molar-refractivity contribution is 5.94. The standard InChI is InChI=1S/C13H18N4O2/c1-9(18)15-11-4-5-16(8-11)13(19)10-6-14-17(7-10)12-2-3-12/h6-7,11-12H,2-5,8H2,1H3,(H,15,18). The van der Waals surface area contributed by atoms with E-state index in [-0.39, 0.29) is 17.9 Å². The van der Waals surface area contributed by atoms with Crippen LogP contribution in [0, 0.1) is 0 Å². The molecule has 0 radical (unpaired) electrons. The summed E-state index contributed by atoms with van der Waals surface area (Å²) >= 11 is 0. The molecule has 0 bridgehead atoms. The molecule has 2 fully saturated rings. The Bertz CT molecular complexity index is 506. The molecule has 1 saturated carbocycles. The van der Waals surface area contributed by atoms with Crippen molar-refractivity contribution in [2.75, 3.05) is 13.1 Å². The Balaban J connectivity index is 1.62. The molecule has 1 unspecified atom stereocenters. The minimum atomic E-state index is -0.0409. The smallest absolute Gasteiger partial charge is 0.257 e. The van der Waals surface area contributed by atoms with Crippen LogP contribution < -0.4 is 5.32 Å². The van der Waals surface area contributed by atoms with Gasteiger partial charge < -0.3 is 10.2 Å². The third kappa shape index (κ3) is 2.62. The summed E-state index contributed by atoms with van der Waals surface area (Å²) < 4.78 is 1.88. The fraction of sp³-hybridized carbons (Fsp3) is 0.615. The predicted molar refractivity (Wildman–Crippen MR) is 68.6 cm³/mol. The second-order valence-corrected chi connectivity index (χ2v) is 5.38. The van der Waals surface area contributed by atoms with Gasteiger partial charge in [-0.05, 0) is 19.3 Å². The van der Waals surface area contributed by atoms with Crippen LogP contribution in [-0.2, 0) is 4.79 Å². The summed E-state index contributed by atoms with van der Waals surface area (Å²) in [4.78, 5) is 25.1. The number of hydrogen-bond donors (Lipinski definition) is 1. The molecule has 1 saturated heterocycles. The van der Waals surface area contributed by atoms with Gasteiger partial charge in [-0.2, -0.15) is 5.10 Å². The number of amides is 2. The van der Waals surface area contributed by atoms with Crippen molar-refractivity contribution in [2.45, 2.75) is 38.3 Å². The molecule has 2 amide bonds. The fourth-order valence-corrected chi connectivity index (χ4v) is 2.52. The number of nitrogens with zero attached hydrogens (tertiary/aromatic N) is 3. The van der Waals surface area contributed by atoms with Crippen molar-refractivity contribution in [1.82, 2.24) is 20.0 Å². The molecule has 1 N–H and O–H groups in total. The number of hydrogen-bond acceptors (Lipinski definition) is 3. The van der Waals surface area contributed by atoms with Crippen LogP contribution in [0.4, 0.5) is 0 Å². The molecule has 2 heterocycles. The van der Waals surface area contributed by atoms with Crippen molar-refractivity contribution in [2.24, 2.45) is 0 Å². The van der Waals surface area contributed by atoms with E-state index in [0.29, 0.717) is 24.7 Å². The first kappa shape index (κ1) is 12.2. The van der Waals surface area contributed by atoms with Gasteiger partial charge in [0.2, 0.25) is 5.91 Å². The molecule has 1 aliphatic heterocycles. The SMILES string of the molecule is CC(=O)NC1CCN(C(=O)c2cnn(C3CC3)c2)C1. The molecule has 2 aliphatic rings. The van der Waals surface area contributed by atoms with Crippen molar-refractivity contribution >= 4 is 11.8 Å². The van der Waals surface area contributed by atoms with E-state index in [1.165, 1.54) is 6.92 Å². The highest BCUT2D eigenvalue weighted by Gasteiger charge is 2.29. The van der Waals surface area contributed by atoms with E-state index in [1.807, 2.05) is 10.9 Å². The van der Waals surface area contributed by atoms with Crippen molar-refractivity contribution in [3.8, 4) is 0 Å². The summed E-state index contributed by atoms with van der Waals surface area (Å²) in [7, 11) is 0. The van der Waals surface area contributed by atoms with E-state index in [1.54, 1.807) is 11.1 Å². The van der Waals surface area contributed by atoms with Gasteiger partial charge in [-0.25, -0.2) is 0 Å².